The van der Waals surface area contributed by atoms with Crippen LogP contribution in [-0.4, -0.2) is 37.6 Å². The summed E-state index contributed by atoms with van der Waals surface area (Å²) in [4.78, 5) is 31.4. The summed E-state index contributed by atoms with van der Waals surface area (Å²) in [6.07, 6.45) is 0.822. The molecule has 30 heavy (non-hydrogen) atoms. The van der Waals surface area contributed by atoms with E-state index in [-0.39, 0.29) is 24.8 Å². The minimum Gasteiger partial charge on any atom is -0.497 e. The van der Waals surface area contributed by atoms with Crippen LogP contribution in [-0.2, 0) is 16.0 Å². The van der Waals surface area contributed by atoms with Gasteiger partial charge in [-0.15, -0.1) is 0 Å². The summed E-state index contributed by atoms with van der Waals surface area (Å²) < 4.78 is 16.2. The zero-order valence-corrected chi connectivity index (χ0v) is 17.1. The number of fused-ring (bicyclic) bond motifs is 1. The smallest absolute Gasteiger partial charge is 0.229 e. The Morgan fingerprint density at radius 3 is 2.80 bits per heavy atom. The number of rotatable bonds is 6. The van der Waals surface area contributed by atoms with Crippen molar-refractivity contribution in [1.29, 1.82) is 0 Å². The van der Waals surface area contributed by atoms with Crippen molar-refractivity contribution in [3.05, 3.63) is 42.3 Å². The molecule has 0 radical (unpaired) electrons. The standard InChI is InChI=1S/C22H23N3O5/c1-4-20-24-16-10-14(5-7-18(16)30-20)23-22(27)13-9-21(26)25(12-13)17-11-15(28-2)6-8-19(17)29-3/h5-8,10-11,13H,4,9,12H2,1-3H3,(H,23,27). The molecular weight excluding hydrogens is 386 g/mol. The zero-order chi connectivity index (χ0) is 21.3. The van der Waals surface area contributed by atoms with Crippen LogP contribution >= 0.6 is 0 Å². The van der Waals surface area contributed by atoms with E-state index in [1.54, 1.807) is 55.5 Å². The van der Waals surface area contributed by atoms with Crippen molar-refractivity contribution in [2.24, 2.45) is 5.92 Å². The van der Waals surface area contributed by atoms with Crippen LogP contribution in [0.15, 0.2) is 40.8 Å². The molecule has 3 aromatic rings. The topological polar surface area (TPSA) is 93.9 Å². The lowest BCUT2D eigenvalue weighted by Crippen LogP contribution is -2.28. The van der Waals surface area contributed by atoms with Crippen LogP contribution < -0.4 is 19.7 Å². The first-order valence-electron chi connectivity index (χ1n) is 9.75. The van der Waals surface area contributed by atoms with Crippen molar-refractivity contribution in [3.63, 3.8) is 0 Å². The summed E-state index contributed by atoms with van der Waals surface area (Å²) in [5.74, 6) is 0.977. The van der Waals surface area contributed by atoms with E-state index >= 15 is 0 Å². The Morgan fingerprint density at radius 1 is 1.23 bits per heavy atom. The molecule has 1 N–H and O–H groups in total. The van der Waals surface area contributed by atoms with Gasteiger partial charge in [0, 0.05) is 31.1 Å². The molecule has 0 saturated carbocycles. The summed E-state index contributed by atoms with van der Waals surface area (Å²) >= 11 is 0. The molecule has 1 saturated heterocycles. The monoisotopic (exact) mass is 409 g/mol. The van der Waals surface area contributed by atoms with E-state index in [1.165, 1.54) is 0 Å². The number of aryl methyl sites for hydroxylation is 1. The van der Waals surface area contributed by atoms with Gasteiger partial charge in [-0.3, -0.25) is 9.59 Å². The highest BCUT2D eigenvalue weighted by Gasteiger charge is 2.36. The number of nitrogens with zero attached hydrogens (tertiary/aromatic N) is 2. The predicted octanol–water partition coefficient (Wildman–Crippen LogP) is 3.40. The third kappa shape index (κ3) is 3.68. The normalized spacial score (nSPS) is 16.2. The molecule has 156 valence electrons. The van der Waals surface area contributed by atoms with E-state index in [1.807, 2.05) is 6.92 Å². The van der Waals surface area contributed by atoms with Gasteiger partial charge in [0.25, 0.3) is 0 Å². The SMILES string of the molecule is CCc1nc2cc(NC(=O)C3CC(=O)N(c4cc(OC)ccc4OC)C3)ccc2o1. The van der Waals surface area contributed by atoms with E-state index in [4.69, 9.17) is 13.9 Å². The summed E-state index contributed by atoms with van der Waals surface area (Å²) in [5, 5.41) is 2.89. The van der Waals surface area contributed by atoms with E-state index < -0.39 is 5.92 Å². The van der Waals surface area contributed by atoms with E-state index in [2.05, 4.69) is 10.3 Å². The molecule has 1 aliphatic rings. The third-order valence-electron chi connectivity index (χ3n) is 5.17. The van der Waals surface area contributed by atoms with E-state index in [0.29, 0.717) is 46.3 Å². The lowest BCUT2D eigenvalue weighted by atomic mass is 10.1. The van der Waals surface area contributed by atoms with Crippen LogP contribution in [0.3, 0.4) is 0 Å². The van der Waals surface area contributed by atoms with Crippen LogP contribution in [0, 0.1) is 5.92 Å². The van der Waals surface area contributed by atoms with Gasteiger partial charge < -0.3 is 24.1 Å². The summed E-state index contributed by atoms with van der Waals surface area (Å²) in [7, 11) is 3.10. The van der Waals surface area contributed by atoms with Gasteiger partial charge in [-0.1, -0.05) is 6.92 Å². The number of amides is 2. The first kappa shape index (κ1) is 19.8. The van der Waals surface area contributed by atoms with Gasteiger partial charge in [0.15, 0.2) is 11.5 Å². The average molecular weight is 409 g/mol. The maximum Gasteiger partial charge on any atom is 0.229 e. The number of hydrogen-bond donors (Lipinski definition) is 1. The van der Waals surface area contributed by atoms with Crippen LogP contribution in [0.1, 0.15) is 19.2 Å². The highest BCUT2D eigenvalue weighted by molar-refractivity contribution is 6.04. The number of hydrogen-bond acceptors (Lipinski definition) is 6. The Hall–Kier alpha value is -3.55. The van der Waals surface area contributed by atoms with E-state index in [0.717, 1.165) is 0 Å². The Bertz CT molecular complexity index is 1110. The maximum absolute atomic E-state index is 12.8. The second-order valence-electron chi connectivity index (χ2n) is 7.08. The molecule has 1 aliphatic heterocycles. The van der Waals surface area contributed by atoms with Gasteiger partial charge in [0.05, 0.1) is 25.8 Å². The van der Waals surface area contributed by atoms with Gasteiger partial charge in [-0.05, 0) is 30.3 Å². The summed E-state index contributed by atoms with van der Waals surface area (Å²) in [5.41, 5.74) is 2.58. The number of benzene rings is 2. The molecule has 1 fully saturated rings. The Balaban J connectivity index is 1.51. The molecule has 2 heterocycles. The van der Waals surface area contributed by atoms with Crippen molar-refractivity contribution in [1.82, 2.24) is 4.98 Å². The third-order valence-corrected chi connectivity index (χ3v) is 5.17. The number of anilines is 2. The fraction of sp³-hybridized carbons (Fsp3) is 0.318. The highest BCUT2D eigenvalue weighted by Crippen LogP contribution is 2.36. The minimum absolute atomic E-state index is 0.123. The van der Waals surface area contributed by atoms with Crippen LogP contribution in [0.4, 0.5) is 11.4 Å². The number of methoxy groups -OCH3 is 2. The molecule has 0 spiro atoms. The number of ether oxygens (including phenoxy) is 2. The Morgan fingerprint density at radius 2 is 2.07 bits per heavy atom. The maximum atomic E-state index is 12.8. The van der Waals surface area contributed by atoms with Crippen molar-refractivity contribution < 1.29 is 23.5 Å². The quantitative estimate of drug-likeness (QED) is 0.671. The molecule has 0 aliphatic carbocycles. The molecule has 1 unspecified atom stereocenters. The molecule has 8 heteroatoms. The largest absolute Gasteiger partial charge is 0.497 e. The zero-order valence-electron chi connectivity index (χ0n) is 17.1. The molecule has 1 aromatic heterocycles. The molecule has 2 aromatic carbocycles. The molecule has 4 rings (SSSR count). The molecule has 0 bridgehead atoms. The number of carbonyl (C=O) groups excluding carboxylic acids is 2. The lowest BCUT2D eigenvalue weighted by molar-refractivity contribution is -0.122. The fourth-order valence-corrected chi connectivity index (χ4v) is 3.57. The van der Waals surface area contributed by atoms with Crippen LogP contribution in [0.25, 0.3) is 11.1 Å². The van der Waals surface area contributed by atoms with Crippen molar-refractivity contribution >= 4 is 34.3 Å². The van der Waals surface area contributed by atoms with Crippen molar-refractivity contribution in [2.75, 3.05) is 31.0 Å². The number of aromatic nitrogens is 1. The molecular formula is C22H23N3O5. The first-order chi connectivity index (χ1) is 14.5. The molecule has 1 atom stereocenters. The average Bonchev–Trinajstić information content (AvgIpc) is 3.36. The second-order valence-corrected chi connectivity index (χ2v) is 7.08. The number of nitrogens with one attached hydrogen (secondary N) is 1. The minimum atomic E-state index is -0.479. The Labute approximate surface area is 173 Å². The number of carbonyl (C=O) groups is 2. The van der Waals surface area contributed by atoms with Crippen LogP contribution in [0.2, 0.25) is 0 Å². The van der Waals surface area contributed by atoms with Gasteiger partial charge in [0.1, 0.15) is 17.0 Å². The van der Waals surface area contributed by atoms with Crippen LogP contribution in [0.5, 0.6) is 11.5 Å². The van der Waals surface area contributed by atoms with Gasteiger partial charge >= 0.3 is 0 Å². The molecule has 8 nitrogen and oxygen atoms in total. The summed E-state index contributed by atoms with van der Waals surface area (Å²) in [6, 6.07) is 10.6. The van der Waals surface area contributed by atoms with Gasteiger partial charge in [0.2, 0.25) is 11.8 Å². The van der Waals surface area contributed by atoms with Crippen molar-refractivity contribution in [2.45, 2.75) is 19.8 Å². The van der Waals surface area contributed by atoms with Gasteiger partial charge in [-0.2, -0.15) is 0 Å². The number of oxazole rings is 1. The fourth-order valence-electron chi connectivity index (χ4n) is 3.57. The first-order valence-corrected chi connectivity index (χ1v) is 9.75. The predicted molar refractivity (Wildman–Crippen MR) is 112 cm³/mol. The Kier molecular flexibility index (Phi) is 5.31. The lowest BCUT2D eigenvalue weighted by Gasteiger charge is -2.20. The van der Waals surface area contributed by atoms with Crippen molar-refractivity contribution in [3.8, 4) is 11.5 Å². The summed E-state index contributed by atoms with van der Waals surface area (Å²) in [6.45, 7) is 2.23. The molecule has 2 amide bonds. The van der Waals surface area contributed by atoms with Gasteiger partial charge in [-0.25, -0.2) is 4.98 Å². The second kappa shape index (κ2) is 8.06. The van der Waals surface area contributed by atoms with E-state index in [9.17, 15) is 9.59 Å². The highest BCUT2D eigenvalue weighted by atomic mass is 16.5.